The number of hydrogen-bond donors (Lipinski definition) is 0. The first-order valence-corrected chi connectivity index (χ1v) is 8.29. The summed E-state index contributed by atoms with van der Waals surface area (Å²) in [5.74, 6) is -0.626. The molecule has 0 radical (unpaired) electrons. The number of hydrogen-bond acceptors (Lipinski definition) is 5. The number of fused-ring (bicyclic) bond motifs is 1. The average Bonchev–Trinajstić information content (AvgIpc) is 3.12. The monoisotopic (exact) mass is 354 g/mol. The highest BCUT2D eigenvalue weighted by Crippen LogP contribution is 2.32. The molecule has 2 aromatic carbocycles. The third-order valence-electron chi connectivity index (χ3n) is 4.41. The van der Waals surface area contributed by atoms with E-state index >= 15 is 0 Å². The molecule has 2 aliphatic rings. The summed E-state index contributed by atoms with van der Waals surface area (Å²) in [6, 6.07) is 13.1. The Balaban J connectivity index is 1.59. The maximum absolute atomic E-state index is 12.9. The number of aryl methyl sites for hydroxylation is 1. The Morgan fingerprint density at radius 2 is 1.68 bits per heavy atom. The zero-order valence-electron chi connectivity index (χ0n) is 13.5. The molecule has 7 heteroatoms. The Morgan fingerprint density at radius 3 is 2.36 bits per heavy atom. The van der Waals surface area contributed by atoms with Crippen molar-refractivity contribution in [3.8, 4) is 0 Å². The zero-order chi connectivity index (χ0) is 17.6. The third kappa shape index (κ3) is 2.68. The van der Waals surface area contributed by atoms with Crippen LogP contribution in [-0.4, -0.2) is 28.9 Å². The van der Waals surface area contributed by atoms with Crippen LogP contribution in [0.25, 0.3) is 0 Å². The maximum atomic E-state index is 12.9. The van der Waals surface area contributed by atoms with Crippen molar-refractivity contribution >= 4 is 29.1 Å². The van der Waals surface area contributed by atoms with Crippen LogP contribution in [0, 0.1) is 6.92 Å². The topological polar surface area (TPSA) is 65.3 Å². The second kappa shape index (κ2) is 5.97. The quantitative estimate of drug-likeness (QED) is 0.795. The number of halogens is 1. The Morgan fingerprint density at radius 1 is 1.00 bits per heavy atom. The molecule has 126 valence electrons. The highest BCUT2D eigenvalue weighted by atomic mass is 35.5. The molecule has 2 amide bonds. The minimum Gasteiger partial charge on any atom is -0.271 e. The van der Waals surface area contributed by atoms with Gasteiger partial charge in [0, 0.05) is 5.02 Å². The van der Waals surface area contributed by atoms with Crippen LogP contribution < -0.4 is 4.90 Å². The van der Waals surface area contributed by atoms with E-state index in [-0.39, 0.29) is 11.8 Å². The molecule has 0 N–H and O–H groups in total. The predicted octanol–water partition coefficient (Wildman–Crippen LogP) is 3.14. The minimum absolute atomic E-state index is 0.294. The first-order chi connectivity index (χ1) is 12.0. The third-order valence-corrected chi connectivity index (χ3v) is 4.66. The Kier molecular flexibility index (Phi) is 3.77. The fourth-order valence-electron chi connectivity index (χ4n) is 3.08. The fraction of sp³-hybridized carbons (Fsp3) is 0.222. The van der Waals surface area contributed by atoms with Gasteiger partial charge in [-0.05, 0) is 36.8 Å². The number of nitrogens with zero attached hydrogens (tertiary/aromatic N) is 4. The van der Waals surface area contributed by atoms with Gasteiger partial charge in [0.2, 0.25) is 0 Å². The van der Waals surface area contributed by atoms with Crippen molar-refractivity contribution in [1.82, 2.24) is 5.01 Å². The summed E-state index contributed by atoms with van der Waals surface area (Å²) in [5, 5.41) is 10.3. The number of carbonyl (C=O) groups excluding carboxylic acids is 2. The lowest BCUT2D eigenvalue weighted by atomic mass is 10.1. The standard InChI is InChI=1S/C18H15ClN4O2/c1-11-2-8-14(9-3-11)23-17(24)15-16(18(23)25)22(21-20-15)10-12-4-6-13(19)7-5-12/h2-9,15-16H,10H2,1H3. The van der Waals surface area contributed by atoms with Gasteiger partial charge in [0.15, 0.2) is 12.1 Å². The summed E-state index contributed by atoms with van der Waals surface area (Å²) in [5.41, 5.74) is 2.57. The second-order valence-corrected chi connectivity index (χ2v) is 6.60. The summed E-state index contributed by atoms with van der Waals surface area (Å²) < 4.78 is 0. The molecule has 0 aliphatic carbocycles. The first kappa shape index (κ1) is 15.8. The van der Waals surface area contributed by atoms with Gasteiger partial charge < -0.3 is 0 Å². The van der Waals surface area contributed by atoms with E-state index < -0.39 is 12.1 Å². The van der Waals surface area contributed by atoms with E-state index in [1.807, 2.05) is 31.2 Å². The van der Waals surface area contributed by atoms with E-state index in [1.54, 1.807) is 29.3 Å². The van der Waals surface area contributed by atoms with Gasteiger partial charge in [-0.15, -0.1) is 0 Å². The van der Waals surface area contributed by atoms with Gasteiger partial charge in [-0.25, -0.2) is 4.90 Å². The van der Waals surface area contributed by atoms with E-state index in [1.165, 1.54) is 4.90 Å². The molecule has 0 spiro atoms. The Labute approximate surface area is 149 Å². The zero-order valence-corrected chi connectivity index (χ0v) is 14.2. The lowest BCUT2D eigenvalue weighted by molar-refractivity contribution is -0.123. The summed E-state index contributed by atoms with van der Waals surface area (Å²) in [6.45, 7) is 2.34. The van der Waals surface area contributed by atoms with Gasteiger partial charge in [0.25, 0.3) is 11.8 Å². The van der Waals surface area contributed by atoms with E-state index in [4.69, 9.17) is 11.6 Å². The van der Waals surface area contributed by atoms with Gasteiger partial charge in [-0.3, -0.25) is 14.6 Å². The van der Waals surface area contributed by atoms with Crippen LogP contribution in [0.15, 0.2) is 58.9 Å². The smallest absolute Gasteiger partial charge is 0.263 e. The molecule has 2 unspecified atom stereocenters. The Bertz CT molecular complexity index is 864. The SMILES string of the molecule is Cc1ccc(N2C(=O)C3N=NN(Cc4ccc(Cl)cc4)C3C2=O)cc1. The van der Waals surface area contributed by atoms with Crippen molar-refractivity contribution < 1.29 is 9.59 Å². The molecule has 0 saturated carbocycles. The van der Waals surface area contributed by atoms with E-state index in [2.05, 4.69) is 10.3 Å². The number of anilines is 1. The lowest BCUT2D eigenvalue weighted by Gasteiger charge is -2.20. The first-order valence-electron chi connectivity index (χ1n) is 7.91. The van der Waals surface area contributed by atoms with Gasteiger partial charge in [0.1, 0.15) is 0 Å². The lowest BCUT2D eigenvalue weighted by Crippen LogP contribution is -2.39. The van der Waals surface area contributed by atoms with Gasteiger partial charge in [-0.1, -0.05) is 46.7 Å². The van der Waals surface area contributed by atoms with Crippen molar-refractivity contribution in [2.24, 2.45) is 10.3 Å². The van der Waals surface area contributed by atoms with E-state index in [0.29, 0.717) is 17.3 Å². The molecule has 0 aromatic heterocycles. The normalized spacial score (nSPS) is 22.0. The molecule has 4 rings (SSSR count). The van der Waals surface area contributed by atoms with Gasteiger partial charge in [0.05, 0.1) is 12.2 Å². The summed E-state index contributed by atoms with van der Waals surface area (Å²) in [6.07, 6.45) is 0. The molecule has 1 fully saturated rings. The van der Waals surface area contributed by atoms with Crippen molar-refractivity contribution in [1.29, 1.82) is 0 Å². The molecular formula is C18H15ClN4O2. The number of benzene rings is 2. The fourth-order valence-corrected chi connectivity index (χ4v) is 3.21. The predicted molar refractivity (Wildman–Crippen MR) is 93.1 cm³/mol. The minimum atomic E-state index is -0.777. The molecular weight excluding hydrogens is 340 g/mol. The summed E-state index contributed by atoms with van der Waals surface area (Å²) in [4.78, 5) is 26.7. The molecule has 2 heterocycles. The largest absolute Gasteiger partial charge is 0.271 e. The van der Waals surface area contributed by atoms with Crippen molar-refractivity contribution in [3.05, 3.63) is 64.7 Å². The highest BCUT2D eigenvalue weighted by molar-refractivity contribution is 6.30. The van der Waals surface area contributed by atoms with Crippen LogP contribution >= 0.6 is 11.6 Å². The average molecular weight is 355 g/mol. The van der Waals surface area contributed by atoms with Crippen molar-refractivity contribution in [2.45, 2.75) is 25.6 Å². The number of rotatable bonds is 3. The van der Waals surface area contributed by atoms with Crippen LogP contribution in [-0.2, 0) is 16.1 Å². The summed E-state index contributed by atoms with van der Waals surface area (Å²) in [7, 11) is 0. The van der Waals surface area contributed by atoms with Crippen LogP contribution in [0.4, 0.5) is 5.69 Å². The molecule has 1 saturated heterocycles. The molecule has 25 heavy (non-hydrogen) atoms. The second-order valence-electron chi connectivity index (χ2n) is 6.17. The van der Waals surface area contributed by atoms with Gasteiger partial charge in [-0.2, -0.15) is 5.11 Å². The van der Waals surface area contributed by atoms with Crippen LogP contribution in [0.2, 0.25) is 5.02 Å². The maximum Gasteiger partial charge on any atom is 0.263 e. The molecule has 2 aromatic rings. The highest BCUT2D eigenvalue weighted by Gasteiger charge is 2.54. The van der Waals surface area contributed by atoms with Crippen molar-refractivity contribution in [3.63, 3.8) is 0 Å². The van der Waals surface area contributed by atoms with E-state index in [0.717, 1.165) is 11.1 Å². The molecule has 0 bridgehead atoms. The molecule has 6 nitrogen and oxygen atoms in total. The number of amides is 2. The number of imide groups is 1. The van der Waals surface area contributed by atoms with Crippen LogP contribution in [0.5, 0.6) is 0 Å². The Hall–Kier alpha value is -2.73. The van der Waals surface area contributed by atoms with Gasteiger partial charge >= 0.3 is 0 Å². The van der Waals surface area contributed by atoms with Crippen molar-refractivity contribution in [2.75, 3.05) is 4.90 Å². The van der Waals surface area contributed by atoms with Crippen LogP contribution in [0.1, 0.15) is 11.1 Å². The van der Waals surface area contributed by atoms with Crippen LogP contribution in [0.3, 0.4) is 0 Å². The summed E-state index contributed by atoms with van der Waals surface area (Å²) >= 11 is 5.90. The number of carbonyl (C=O) groups is 2. The molecule has 2 atom stereocenters. The van der Waals surface area contributed by atoms with E-state index in [9.17, 15) is 9.59 Å². The molecule has 2 aliphatic heterocycles.